The molecule has 0 saturated heterocycles. The number of hydrogen-bond donors (Lipinski definition) is 2. The van der Waals surface area contributed by atoms with Crippen molar-refractivity contribution < 1.29 is 31.2 Å². The quantitative estimate of drug-likeness (QED) is 0.318. The van der Waals surface area contributed by atoms with Crippen LogP contribution in [0, 0.1) is 0 Å². The van der Waals surface area contributed by atoms with Crippen LogP contribution in [-0.2, 0) is 26.2 Å². The van der Waals surface area contributed by atoms with E-state index in [2.05, 4.69) is 25.6 Å². The van der Waals surface area contributed by atoms with Crippen LogP contribution >= 0.6 is 0 Å². The number of halogens is 3. The Bertz CT molecular complexity index is 1500. The van der Waals surface area contributed by atoms with E-state index in [1.807, 2.05) is 0 Å². The Morgan fingerprint density at radius 2 is 1.80 bits per heavy atom. The number of hydrogen-bond acceptors (Lipinski definition) is 8. The van der Waals surface area contributed by atoms with E-state index in [1.165, 1.54) is 30.3 Å². The summed E-state index contributed by atoms with van der Waals surface area (Å²) in [5.41, 5.74) is 0.0359. The Kier molecular flexibility index (Phi) is 9.74. The number of benzene rings is 1. The maximum atomic E-state index is 13.8. The Balaban J connectivity index is 1.84. The number of aromatic nitrogens is 3. The fourth-order valence-electron chi connectivity index (χ4n) is 3.19. The van der Waals surface area contributed by atoms with Crippen LogP contribution in [0.3, 0.4) is 0 Å². The van der Waals surface area contributed by atoms with Crippen molar-refractivity contribution >= 4 is 59.5 Å². The van der Waals surface area contributed by atoms with Gasteiger partial charge in [-0.25, -0.2) is 0 Å². The van der Waals surface area contributed by atoms with Crippen molar-refractivity contribution in [1.29, 1.82) is 0 Å². The van der Waals surface area contributed by atoms with Gasteiger partial charge in [-0.2, -0.15) is 0 Å². The van der Waals surface area contributed by atoms with Crippen molar-refractivity contribution in [1.82, 2.24) is 25.2 Å². The minimum absolute atomic E-state index is 0.111. The van der Waals surface area contributed by atoms with Gasteiger partial charge in [-0.3, -0.25) is 0 Å². The third-order valence-corrected chi connectivity index (χ3v) is 8.97. The second-order valence-corrected chi connectivity index (χ2v) is 12.9. The van der Waals surface area contributed by atoms with Gasteiger partial charge in [-0.1, -0.05) is 0 Å². The van der Waals surface area contributed by atoms with Gasteiger partial charge in [0.2, 0.25) is 0 Å². The van der Waals surface area contributed by atoms with Crippen LogP contribution in [-0.4, -0.2) is 89.8 Å². The summed E-state index contributed by atoms with van der Waals surface area (Å²) in [4.78, 5) is 37.5. The first kappa shape index (κ1) is 30.8. The van der Waals surface area contributed by atoms with E-state index in [0.717, 1.165) is 10.6 Å². The number of pyridine rings is 1. The van der Waals surface area contributed by atoms with Gasteiger partial charge in [0.15, 0.2) is 0 Å². The van der Waals surface area contributed by atoms with E-state index < -0.39 is 43.4 Å². The van der Waals surface area contributed by atoms with Gasteiger partial charge in [0.25, 0.3) is 0 Å². The number of amides is 2. The summed E-state index contributed by atoms with van der Waals surface area (Å²) in [6.45, 7) is -0.198. The molecular weight excluding hydrogens is 614 g/mol. The van der Waals surface area contributed by atoms with Gasteiger partial charge in [0, 0.05) is 14.1 Å². The second kappa shape index (κ2) is 12.6. The molecule has 213 valence electrons. The molecule has 2 N–H and O–H groups in total. The van der Waals surface area contributed by atoms with Crippen molar-refractivity contribution in [3.05, 3.63) is 65.5 Å². The minimum atomic E-state index is -4.70. The van der Waals surface area contributed by atoms with Crippen molar-refractivity contribution in [2.45, 2.75) is 11.4 Å². The third-order valence-electron chi connectivity index (χ3n) is 5.42. The van der Waals surface area contributed by atoms with Crippen LogP contribution in [0.5, 0.6) is 0 Å². The molecule has 1 radical (unpaired) electrons. The van der Waals surface area contributed by atoms with Crippen LogP contribution in [0.25, 0.3) is 0 Å². The summed E-state index contributed by atoms with van der Waals surface area (Å²) in [6, 6.07) is 9.29. The van der Waals surface area contributed by atoms with E-state index in [0.29, 0.717) is 17.4 Å². The molecule has 0 aliphatic rings. The average Bonchev–Trinajstić information content (AvgIpc) is 2.89. The second-order valence-electron chi connectivity index (χ2n) is 8.64. The first-order valence-corrected chi connectivity index (χ1v) is 15.6. The molecule has 2 amide bonds. The van der Waals surface area contributed by atoms with Crippen LogP contribution in [0.2, 0.25) is 0 Å². The average molecular weight is 641 g/mol. The summed E-state index contributed by atoms with van der Waals surface area (Å²) in [7, 11) is 0.799. The number of sulfonamides is 1. The SMILES string of the molecule is CN(C)C(=O)CNC(=O)c1cccc(Nc2ncc(C(F)(F)F)c([As]Cc3cccnc3N(C)S(C)(=O)=O)n2)c1. The first-order chi connectivity index (χ1) is 18.7. The zero-order chi connectivity index (χ0) is 29.7. The molecule has 3 rings (SSSR count). The van der Waals surface area contributed by atoms with Gasteiger partial charge >= 0.3 is 222 Å². The monoisotopic (exact) mass is 640 g/mol. The maximum absolute atomic E-state index is 13.8. The zero-order valence-corrected chi connectivity index (χ0v) is 24.6. The number of carbonyl (C=O) groups excluding carboxylic acids is 2. The Morgan fingerprint density at radius 1 is 1.07 bits per heavy atom. The molecule has 0 fully saturated rings. The normalized spacial score (nSPS) is 11.9. The molecule has 11 nitrogen and oxygen atoms in total. The van der Waals surface area contributed by atoms with Gasteiger partial charge in [-0.05, 0) is 0 Å². The van der Waals surface area contributed by atoms with Crippen molar-refractivity contribution in [3.63, 3.8) is 0 Å². The number of likely N-dealkylation sites (N-methyl/N-ethyl adjacent to an activating group) is 1. The molecular formula is C24H26AsF3N7O4S. The molecule has 2 aromatic heterocycles. The van der Waals surface area contributed by atoms with Crippen molar-refractivity contribution in [3.8, 4) is 0 Å². The molecule has 0 spiro atoms. The fraction of sp³-hybridized carbons (Fsp3) is 0.292. The molecule has 0 unspecified atom stereocenters. The van der Waals surface area contributed by atoms with Gasteiger partial charge in [-0.15, -0.1) is 0 Å². The van der Waals surface area contributed by atoms with Crippen molar-refractivity contribution in [2.75, 3.05) is 43.6 Å². The molecule has 0 aliphatic heterocycles. The van der Waals surface area contributed by atoms with Crippen LogP contribution < -0.4 is 19.4 Å². The van der Waals surface area contributed by atoms with E-state index in [4.69, 9.17) is 0 Å². The summed E-state index contributed by atoms with van der Waals surface area (Å²) >= 11 is -1.24. The number of rotatable bonds is 10. The number of carbonyl (C=O) groups is 2. The van der Waals surface area contributed by atoms with Crippen LogP contribution in [0.1, 0.15) is 21.5 Å². The molecule has 16 heteroatoms. The Labute approximate surface area is 235 Å². The molecule has 0 aliphatic carbocycles. The van der Waals surface area contributed by atoms with Gasteiger partial charge < -0.3 is 0 Å². The number of anilines is 3. The molecule has 3 aromatic rings. The zero-order valence-electron chi connectivity index (χ0n) is 21.9. The summed E-state index contributed by atoms with van der Waals surface area (Å²) < 4.78 is 66.0. The van der Waals surface area contributed by atoms with E-state index >= 15 is 0 Å². The molecule has 0 saturated carbocycles. The predicted molar refractivity (Wildman–Crippen MR) is 144 cm³/mol. The van der Waals surface area contributed by atoms with E-state index in [1.54, 1.807) is 38.4 Å². The number of alkyl halides is 3. The van der Waals surface area contributed by atoms with Gasteiger partial charge in [0.05, 0.1) is 0 Å². The van der Waals surface area contributed by atoms with Crippen molar-refractivity contribution in [2.24, 2.45) is 0 Å². The molecule has 2 heterocycles. The fourth-order valence-corrected chi connectivity index (χ4v) is 5.95. The van der Waals surface area contributed by atoms with Crippen LogP contribution in [0.4, 0.5) is 30.6 Å². The standard InChI is InChI=1S/C24H26AsF3N7O4S/c1-34(2)19(36)14-30-22(37)15-7-5-9-17(11-15)32-23-31-13-18(24(26,27)28)20(33-23)25-12-16-8-6-10-29-21(16)35(3)40(4,38)39/h5-11,13H,12,14H2,1-4H3,(H,30,37)(H,31,32,33). The summed E-state index contributed by atoms with van der Waals surface area (Å²) in [5, 5.41) is 5.43. The Hall–Kier alpha value is -3.71. The summed E-state index contributed by atoms with van der Waals surface area (Å²) in [5.74, 6) is -0.788. The van der Waals surface area contributed by atoms with Gasteiger partial charge in [0.1, 0.15) is 0 Å². The molecule has 0 atom stereocenters. The topological polar surface area (TPSA) is 137 Å². The number of nitrogens with one attached hydrogen (secondary N) is 2. The Morgan fingerprint density at radius 3 is 2.45 bits per heavy atom. The number of nitrogens with zero attached hydrogens (tertiary/aromatic N) is 5. The molecule has 40 heavy (non-hydrogen) atoms. The predicted octanol–water partition coefficient (Wildman–Crippen LogP) is 1.38. The third kappa shape index (κ3) is 8.15. The summed E-state index contributed by atoms with van der Waals surface area (Å²) in [6.07, 6.45) is -1.60. The molecule has 0 bridgehead atoms. The van der Waals surface area contributed by atoms with E-state index in [-0.39, 0.29) is 39.5 Å². The first-order valence-electron chi connectivity index (χ1n) is 11.5. The van der Waals surface area contributed by atoms with E-state index in [9.17, 15) is 31.2 Å². The van der Waals surface area contributed by atoms with Crippen LogP contribution in [0.15, 0.2) is 48.8 Å². The molecule has 1 aromatic carbocycles.